The van der Waals surface area contributed by atoms with E-state index < -0.39 is 22.8 Å². The number of rotatable bonds is 8. The van der Waals surface area contributed by atoms with Crippen LogP contribution in [0.2, 0.25) is 10.0 Å². The average molecular weight is 502 g/mol. The third-order valence-electron chi connectivity index (χ3n) is 4.89. The Morgan fingerprint density at radius 3 is 2.53 bits per heavy atom. The Labute approximate surface area is 205 Å². The largest absolute Gasteiger partial charge is 0.340 e. The summed E-state index contributed by atoms with van der Waals surface area (Å²) in [7, 11) is 0. The number of nitro groups is 1. The van der Waals surface area contributed by atoms with Crippen molar-refractivity contribution in [3.05, 3.63) is 92.2 Å². The van der Waals surface area contributed by atoms with Crippen molar-refractivity contribution >= 4 is 46.9 Å². The van der Waals surface area contributed by atoms with E-state index in [9.17, 15) is 19.7 Å². The van der Waals surface area contributed by atoms with Crippen molar-refractivity contribution < 1.29 is 14.5 Å². The summed E-state index contributed by atoms with van der Waals surface area (Å²) in [5.74, 6) is -1.21. The predicted molar refractivity (Wildman–Crippen MR) is 131 cm³/mol. The number of hydrazone groups is 1. The highest BCUT2D eigenvalue weighted by Gasteiger charge is 2.24. The lowest BCUT2D eigenvalue weighted by molar-refractivity contribution is -0.384. The fraction of sp³-hybridized carbons (Fsp3) is 0.174. The maximum atomic E-state index is 12.7. The molecule has 2 N–H and O–H groups in total. The lowest BCUT2D eigenvalue weighted by Gasteiger charge is -2.20. The maximum absolute atomic E-state index is 12.7. The van der Waals surface area contributed by atoms with Crippen LogP contribution in [0.3, 0.4) is 0 Å². The molecule has 9 nitrogen and oxygen atoms in total. The Morgan fingerprint density at radius 1 is 1.09 bits per heavy atom. The van der Waals surface area contributed by atoms with Gasteiger partial charge in [0, 0.05) is 23.9 Å². The molecule has 0 saturated heterocycles. The van der Waals surface area contributed by atoms with E-state index in [1.54, 1.807) is 48.9 Å². The van der Waals surface area contributed by atoms with E-state index in [0.717, 1.165) is 0 Å². The molecular formula is C23H21Cl2N5O4. The van der Waals surface area contributed by atoms with Crippen molar-refractivity contribution in [2.75, 3.05) is 0 Å². The third kappa shape index (κ3) is 6.00. The molecule has 3 aromatic rings. The Bertz CT molecular complexity index is 1260. The number of nitrogens with zero attached hydrogens (tertiary/aromatic N) is 3. The van der Waals surface area contributed by atoms with E-state index >= 15 is 0 Å². The van der Waals surface area contributed by atoms with Gasteiger partial charge in [-0.2, -0.15) is 5.10 Å². The van der Waals surface area contributed by atoms with Crippen LogP contribution >= 0.6 is 23.2 Å². The van der Waals surface area contributed by atoms with E-state index in [1.807, 2.05) is 0 Å². The molecule has 3 rings (SSSR count). The van der Waals surface area contributed by atoms with Crippen molar-refractivity contribution in [3.63, 3.8) is 0 Å². The molecule has 0 spiro atoms. The maximum Gasteiger partial charge on any atom is 0.271 e. The minimum atomic E-state index is -0.859. The van der Waals surface area contributed by atoms with Crippen molar-refractivity contribution in [1.29, 1.82) is 0 Å². The minimum absolute atomic E-state index is 0.0418. The summed E-state index contributed by atoms with van der Waals surface area (Å²) in [6.07, 6.45) is 3.13. The van der Waals surface area contributed by atoms with Crippen LogP contribution in [0, 0.1) is 16.0 Å². The van der Waals surface area contributed by atoms with Gasteiger partial charge in [0.15, 0.2) is 0 Å². The van der Waals surface area contributed by atoms with Crippen LogP contribution in [0.15, 0.2) is 65.9 Å². The summed E-state index contributed by atoms with van der Waals surface area (Å²) < 4.78 is 1.69. The summed E-state index contributed by atoms with van der Waals surface area (Å²) in [5.41, 5.74) is 3.82. The summed E-state index contributed by atoms with van der Waals surface area (Å²) in [6, 6.07) is 13.2. The summed E-state index contributed by atoms with van der Waals surface area (Å²) in [5, 5.41) is 18.3. The van der Waals surface area contributed by atoms with Gasteiger partial charge in [0.05, 0.1) is 32.6 Å². The first kappa shape index (κ1) is 24.9. The number of amides is 2. The molecule has 0 bridgehead atoms. The Hall–Kier alpha value is -3.69. The highest BCUT2D eigenvalue weighted by atomic mass is 35.5. The normalized spacial score (nSPS) is 12.0. The minimum Gasteiger partial charge on any atom is -0.340 e. The van der Waals surface area contributed by atoms with Crippen LogP contribution in [0.4, 0.5) is 5.69 Å². The van der Waals surface area contributed by atoms with Crippen LogP contribution in [0.1, 0.15) is 29.9 Å². The Morgan fingerprint density at radius 2 is 1.85 bits per heavy atom. The fourth-order valence-corrected chi connectivity index (χ4v) is 3.42. The fourth-order valence-electron chi connectivity index (χ4n) is 3.12. The molecule has 1 aromatic heterocycles. The van der Waals surface area contributed by atoms with Crippen LogP contribution in [-0.4, -0.2) is 33.6 Å². The van der Waals surface area contributed by atoms with Crippen LogP contribution < -0.4 is 10.7 Å². The smallest absolute Gasteiger partial charge is 0.271 e. The summed E-state index contributed by atoms with van der Waals surface area (Å²) >= 11 is 11.9. The van der Waals surface area contributed by atoms with Crippen LogP contribution in [0.25, 0.3) is 5.69 Å². The quantitative estimate of drug-likeness (QED) is 0.266. The Balaban J connectivity index is 1.70. The first-order chi connectivity index (χ1) is 16.2. The number of nitro benzene ring substituents is 1. The zero-order valence-electron chi connectivity index (χ0n) is 18.2. The number of aromatic nitrogens is 1. The molecule has 11 heteroatoms. The predicted octanol–water partition coefficient (Wildman–Crippen LogP) is 4.60. The van der Waals surface area contributed by atoms with Gasteiger partial charge in [-0.05, 0) is 42.3 Å². The Kier molecular flexibility index (Phi) is 8.04. The summed E-state index contributed by atoms with van der Waals surface area (Å²) in [4.78, 5) is 35.9. The number of carbonyl (C=O) groups excluding carboxylic acids is 2. The molecule has 176 valence electrons. The van der Waals surface area contributed by atoms with E-state index in [-0.39, 0.29) is 22.2 Å². The van der Waals surface area contributed by atoms with Gasteiger partial charge in [-0.3, -0.25) is 19.7 Å². The molecule has 1 atom stereocenters. The number of halogens is 2. The van der Waals surface area contributed by atoms with E-state index in [2.05, 4.69) is 15.8 Å². The average Bonchev–Trinajstić information content (AvgIpc) is 3.27. The molecule has 2 amide bonds. The van der Waals surface area contributed by atoms with Crippen molar-refractivity contribution in [3.8, 4) is 5.69 Å². The number of benzene rings is 2. The molecule has 0 aliphatic heterocycles. The molecule has 2 aromatic carbocycles. The second kappa shape index (κ2) is 11.0. The number of carbonyl (C=O) groups is 2. The van der Waals surface area contributed by atoms with Gasteiger partial charge >= 0.3 is 0 Å². The van der Waals surface area contributed by atoms with Crippen LogP contribution in [0.5, 0.6) is 0 Å². The molecule has 1 unspecified atom stereocenters. The molecule has 1 heterocycles. The van der Waals surface area contributed by atoms with Crippen molar-refractivity contribution in [2.45, 2.75) is 19.9 Å². The van der Waals surface area contributed by atoms with Gasteiger partial charge in [0.2, 0.25) is 0 Å². The van der Waals surface area contributed by atoms with Crippen molar-refractivity contribution in [1.82, 2.24) is 15.3 Å². The van der Waals surface area contributed by atoms with E-state index in [1.165, 1.54) is 36.5 Å². The molecular weight excluding hydrogens is 481 g/mol. The second-order valence-corrected chi connectivity index (χ2v) is 8.45. The first-order valence-electron chi connectivity index (χ1n) is 10.2. The molecule has 0 fully saturated rings. The zero-order chi connectivity index (χ0) is 24.8. The number of nitrogens with one attached hydrogen (secondary N) is 2. The van der Waals surface area contributed by atoms with Gasteiger partial charge in [-0.15, -0.1) is 0 Å². The second-order valence-electron chi connectivity index (χ2n) is 7.64. The lowest BCUT2D eigenvalue weighted by atomic mass is 10.0. The standard InChI is InChI=1S/C23H21Cl2N5O4/c1-14(2)21(27-22(31)15-8-9-19(24)20(25)11-15)23(32)28-26-13-18-7-4-10-29(18)16-5-3-6-17(12-16)30(33)34/h3-14,21H,1-2H3,(H,27,31)(H,28,32)/b26-13-. The topological polar surface area (TPSA) is 119 Å². The first-order valence-corrected chi connectivity index (χ1v) is 10.9. The number of non-ortho nitro benzene ring substituents is 1. The molecule has 0 radical (unpaired) electrons. The number of hydrogen-bond donors (Lipinski definition) is 2. The highest BCUT2D eigenvalue weighted by Crippen LogP contribution is 2.23. The van der Waals surface area contributed by atoms with Gasteiger partial charge in [0.25, 0.3) is 17.5 Å². The SMILES string of the molecule is CC(C)C(NC(=O)c1ccc(Cl)c(Cl)c1)C(=O)N/N=C\c1cccn1-c1cccc([N+](=O)[O-])c1. The summed E-state index contributed by atoms with van der Waals surface area (Å²) in [6.45, 7) is 3.58. The van der Waals surface area contributed by atoms with Gasteiger partial charge < -0.3 is 9.88 Å². The van der Waals surface area contributed by atoms with Gasteiger partial charge in [-0.25, -0.2) is 5.43 Å². The third-order valence-corrected chi connectivity index (χ3v) is 5.63. The highest BCUT2D eigenvalue weighted by molar-refractivity contribution is 6.42. The molecule has 0 saturated carbocycles. The monoisotopic (exact) mass is 501 g/mol. The van der Waals surface area contributed by atoms with Crippen LogP contribution in [-0.2, 0) is 4.79 Å². The van der Waals surface area contributed by atoms with Crippen molar-refractivity contribution in [2.24, 2.45) is 11.0 Å². The van der Waals surface area contributed by atoms with E-state index in [4.69, 9.17) is 23.2 Å². The van der Waals surface area contributed by atoms with E-state index in [0.29, 0.717) is 16.4 Å². The molecule has 0 aliphatic carbocycles. The lowest BCUT2D eigenvalue weighted by Crippen LogP contribution is -2.48. The zero-order valence-corrected chi connectivity index (χ0v) is 19.7. The van der Waals surface area contributed by atoms with Gasteiger partial charge in [-0.1, -0.05) is 43.1 Å². The van der Waals surface area contributed by atoms with Gasteiger partial charge in [0.1, 0.15) is 6.04 Å². The molecule has 34 heavy (non-hydrogen) atoms. The number of hydrogen-bond acceptors (Lipinski definition) is 5. The molecule has 0 aliphatic rings.